The second-order valence-electron chi connectivity index (χ2n) is 15.1. The summed E-state index contributed by atoms with van der Waals surface area (Å²) in [4.78, 5) is 35.3. The topological polar surface area (TPSA) is 108 Å². The molecule has 328 valence electrons. The highest BCUT2D eigenvalue weighted by molar-refractivity contribution is 7.47. The van der Waals surface area contributed by atoms with Gasteiger partial charge in [0.15, 0.2) is 6.10 Å². The molecule has 10 heteroatoms. The number of allylic oxidation sites excluding steroid dienone is 18. The molecule has 0 saturated carbocycles. The Morgan fingerprint density at radius 1 is 0.569 bits per heavy atom. The lowest BCUT2D eigenvalue weighted by molar-refractivity contribution is -0.870. The van der Waals surface area contributed by atoms with Crippen molar-refractivity contribution in [2.45, 2.75) is 136 Å². The predicted molar refractivity (Wildman–Crippen MR) is 242 cm³/mol. The van der Waals surface area contributed by atoms with E-state index in [0.717, 1.165) is 64.2 Å². The zero-order chi connectivity index (χ0) is 42.8. The minimum absolute atomic E-state index is 0.00954. The molecule has 0 aliphatic rings. The number of carbonyl (C=O) groups excluding carboxylic acids is 2. The van der Waals surface area contributed by atoms with E-state index in [1.165, 1.54) is 25.7 Å². The molecule has 0 radical (unpaired) electrons. The van der Waals surface area contributed by atoms with Gasteiger partial charge in [0.05, 0.1) is 27.7 Å². The van der Waals surface area contributed by atoms with Gasteiger partial charge in [0.25, 0.3) is 0 Å². The zero-order valence-corrected chi connectivity index (χ0v) is 37.6. The second kappa shape index (κ2) is 39.1. The summed E-state index contributed by atoms with van der Waals surface area (Å²) in [6.07, 6.45) is 52.9. The van der Waals surface area contributed by atoms with Gasteiger partial charge in [0, 0.05) is 12.8 Å². The van der Waals surface area contributed by atoms with Crippen LogP contribution < -0.4 is 0 Å². The van der Waals surface area contributed by atoms with Crippen molar-refractivity contribution in [1.82, 2.24) is 0 Å². The van der Waals surface area contributed by atoms with Gasteiger partial charge in [-0.05, 0) is 83.5 Å². The van der Waals surface area contributed by atoms with Crippen molar-refractivity contribution in [2.75, 3.05) is 47.5 Å². The number of hydrogen-bond donors (Lipinski definition) is 1. The largest absolute Gasteiger partial charge is 0.472 e. The van der Waals surface area contributed by atoms with Gasteiger partial charge < -0.3 is 18.9 Å². The van der Waals surface area contributed by atoms with Crippen LogP contribution in [-0.4, -0.2) is 74.9 Å². The number of quaternary nitrogens is 1. The normalized spacial score (nSPS) is 14.7. The van der Waals surface area contributed by atoms with Gasteiger partial charge in [-0.1, -0.05) is 142 Å². The zero-order valence-electron chi connectivity index (χ0n) is 36.7. The van der Waals surface area contributed by atoms with E-state index in [2.05, 4.69) is 86.8 Å². The maximum Gasteiger partial charge on any atom is 0.472 e. The molecular weight excluding hydrogens is 750 g/mol. The fourth-order valence-corrected chi connectivity index (χ4v) is 5.72. The number of nitrogens with zero attached hydrogens (tertiary/aromatic N) is 1. The van der Waals surface area contributed by atoms with E-state index >= 15 is 0 Å². The molecule has 0 saturated heterocycles. The van der Waals surface area contributed by atoms with E-state index in [9.17, 15) is 19.0 Å². The molecule has 0 aromatic heterocycles. The number of ether oxygens (including phenoxy) is 2. The lowest BCUT2D eigenvalue weighted by Gasteiger charge is -2.24. The maximum atomic E-state index is 12.6. The SMILES string of the molecule is CC/C=C/C=C/C=C/C=C/CCCCCC(=O)OC(COC(=O)CCCC/C=C/C/C=C/C/C=C/C/C=C/C/C=C/CCCCC)COP(=O)(O)OCC[N+](C)(C)C. The molecule has 0 amide bonds. The van der Waals surface area contributed by atoms with E-state index in [-0.39, 0.29) is 26.1 Å². The standard InChI is InChI=1S/C48H78NO8P/c1-6-8-10-12-14-16-18-20-21-22-23-24-25-26-27-29-30-32-34-36-38-40-47(50)54-44-46(45-56-58(52,53)55-43-42-49(3,4)5)57-48(51)41-39-37-35-33-31-28-19-17-15-13-11-9-7-2/h9,11,13-17,19-21,23-24,26-28,30-32,46H,6-8,10,12,18,22,25,29,33-45H2,1-5H3/p+1/b11-9+,15-13+,16-14+,19-17+,21-20+,24-23+,27-26+,31-28+,32-30+. The van der Waals surface area contributed by atoms with Crippen LogP contribution in [0.4, 0.5) is 0 Å². The average Bonchev–Trinajstić information content (AvgIpc) is 3.17. The molecule has 0 heterocycles. The van der Waals surface area contributed by atoms with Crippen LogP contribution in [0.2, 0.25) is 0 Å². The van der Waals surface area contributed by atoms with Crippen molar-refractivity contribution >= 4 is 19.8 Å². The van der Waals surface area contributed by atoms with Crippen LogP contribution in [0.1, 0.15) is 129 Å². The summed E-state index contributed by atoms with van der Waals surface area (Å²) in [5.41, 5.74) is 0. The fourth-order valence-electron chi connectivity index (χ4n) is 4.98. The number of phosphoric ester groups is 1. The van der Waals surface area contributed by atoms with Crippen LogP contribution in [0.15, 0.2) is 109 Å². The summed E-state index contributed by atoms with van der Waals surface area (Å²) < 4.78 is 34.2. The van der Waals surface area contributed by atoms with Crippen molar-refractivity contribution in [3.8, 4) is 0 Å². The van der Waals surface area contributed by atoms with Gasteiger partial charge in [-0.25, -0.2) is 4.57 Å². The smallest absolute Gasteiger partial charge is 0.462 e. The van der Waals surface area contributed by atoms with Gasteiger partial charge >= 0.3 is 19.8 Å². The molecule has 0 spiro atoms. The number of likely N-dealkylation sites (N-methyl/N-ethyl adjacent to an activating group) is 1. The molecule has 0 rings (SSSR count). The third-order valence-corrected chi connectivity index (χ3v) is 9.37. The van der Waals surface area contributed by atoms with E-state index in [0.29, 0.717) is 23.9 Å². The first-order valence-electron chi connectivity index (χ1n) is 21.7. The van der Waals surface area contributed by atoms with Gasteiger partial charge in [0.1, 0.15) is 19.8 Å². The second-order valence-corrected chi connectivity index (χ2v) is 16.5. The molecular formula is C48H79NO8P+. The maximum absolute atomic E-state index is 12.6. The number of esters is 2. The molecule has 0 aromatic rings. The third kappa shape index (κ3) is 42.3. The molecule has 0 aliphatic heterocycles. The number of hydrogen-bond acceptors (Lipinski definition) is 7. The summed E-state index contributed by atoms with van der Waals surface area (Å²) in [7, 11) is 1.40. The van der Waals surface area contributed by atoms with Crippen LogP contribution in [-0.2, 0) is 32.7 Å². The first kappa shape index (κ1) is 54.7. The van der Waals surface area contributed by atoms with E-state index < -0.39 is 32.5 Å². The Morgan fingerprint density at radius 3 is 1.62 bits per heavy atom. The van der Waals surface area contributed by atoms with Crippen molar-refractivity contribution in [2.24, 2.45) is 0 Å². The molecule has 2 atom stereocenters. The quantitative estimate of drug-likeness (QED) is 0.0165. The van der Waals surface area contributed by atoms with Crippen molar-refractivity contribution < 1.29 is 42.1 Å². The Labute approximate surface area is 353 Å². The summed E-state index contributed by atoms with van der Waals surface area (Å²) in [5.74, 6) is -0.909. The number of phosphoric acid groups is 1. The monoisotopic (exact) mass is 829 g/mol. The van der Waals surface area contributed by atoms with Gasteiger partial charge in [0.2, 0.25) is 0 Å². The predicted octanol–water partition coefficient (Wildman–Crippen LogP) is 12.3. The lowest BCUT2D eigenvalue weighted by Crippen LogP contribution is -2.37. The lowest BCUT2D eigenvalue weighted by atomic mass is 10.1. The highest BCUT2D eigenvalue weighted by Gasteiger charge is 2.27. The van der Waals surface area contributed by atoms with Gasteiger partial charge in [-0.15, -0.1) is 0 Å². The molecule has 0 bridgehead atoms. The average molecular weight is 829 g/mol. The minimum Gasteiger partial charge on any atom is -0.462 e. The Balaban J connectivity index is 4.51. The van der Waals surface area contributed by atoms with Gasteiger partial charge in [-0.2, -0.15) is 0 Å². The molecule has 2 unspecified atom stereocenters. The van der Waals surface area contributed by atoms with Crippen molar-refractivity contribution in [3.63, 3.8) is 0 Å². The highest BCUT2D eigenvalue weighted by atomic mass is 31.2. The Hall–Kier alpha value is -3.33. The summed E-state index contributed by atoms with van der Waals surface area (Å²) in [5, 5.41) is 0. The number of rotatable bonds is 37. The fraction of sp³-hybridized carbons (Fsp3) is 0.583. The first-order valence-corrected chi connectivity index (χ1v) is 23.2. The first-order chi connectivity index (χ1) is 28.0. The van der Waals surface area contributed by atoms with Crippen LogP contribution >= 0.6 is 7.82 Å². The highest BCUT2D eigenvalue weighted by Crippen LogP contribution is 2.43. The summed E-state index contributed by atoms with van der Waals surface area (Å²) in [6, 6.07) is 0. The van der Waals surface area contributed by atoms with E-state index in [1.807, 2.05) is 57.6 Å². The Kier molecular flexibility index (Phi) is 36.9. The van der Waals surface area contributed by atoms with E-state index in [1.54, 1.807) is 0 Å². The van der Waals surface area contributed by atoms with Crippen molar-refractivity contribution in [3.05, 3.63) is 109 Å². The molecule has 0 aromatic carbocycles. The Morgan fingerprint density at radius 2 is 1.05 bits per heavy atom. The molecule has 0 fully saturated rings. The summed E-state index contributed by atoms with van der Waals surface area (Å²) in [6.45, 7) is 4.11. The molecule has 0 aliphatic carbocycles. The van der Waals surface area contributed by atoms with Crippen LogP contribution in [0.3, 0.4) is 0 Å². The van der Waals surface area contributed by atoms with Crippen LogP contribution in [0, 0.1) is 0 Å². The number of carbonyl (C=O) groups is 2. The Bertz CT molecular complexity index is 1350. The van der Waals surface area contributed by atoms with E-state index in [4.69, 9.17) is 18.5 Å². The molecule has 58 heavy (non-hydrogen) atoms. The molecule has 9 nitrogen and oxygen atoms in total. The van der Waals surface area contributed by atoms with Gasteiger partial charge in [-0.3, -0.25) is 18.6 Å². The molecule has 1 N–H and O–H groups in total. The van der Waals surface area contributed by atoms with Crippen molar-refractivity contribution in [1.29, 1.82) is 0 Å². The van der Waals surface area contributed by atoms with Crippen LogP contribution in [0.25, 0.3) is 0 Å². The number of unbranched alkanes of at least 4 members (excludes halogenated alkanes) is 8. The minimum atomic E-state index is -4.40. The summed E-state index contributed by atoms with van der Waals surface area (Å²) >= 11 is 0. The third-order valence-electron chi connectivity index (χ3n) is 8.38. The van der Waals surface area contributed by atoms with Crippen LogP contribution in [0.5, 0.6) is 0 Å².